The molecule has 1 unspecified atom stereocenters. The molecule has 3 N–H and O–H groups in total. The van der Waals surface area contributed by atoms with E-state index >= 15 is 0 Å². The first-order chi connectivity index (χ1) is 8.01. The van der Waals surface area contributed by atoms with Gasteiger partial charge in [-0.05, 0) is 25.0 Å². The first-order valence-electron chi connectivity index (χ1n) is 5.81. The molecule has 1 aromatic carbocycles. The minimum atomic E-state index is -3.45. The maximum Gasteiger partial charge on any atom is 0.241 e. The summed E-state index contributed by atoms with van der Waals surface area (Å²) in [6, 6.07) is 6.76. The van der Waals surface area contributed by atoms with Crippen molar-refractivity contribution < 1.29 is 8.42 Å². The van der Waals surface area contributed by atoms with Gasteiger partial charge in [0.2, 0.25) is 10.0 Å². The van der Waals surface area contributed by atoms with E-state index < -0.39 is 10.0 Å². The van der Waals surface area contributed by atoms with Gasteiger partial charge >= 0.3 is 0 Å². The number of hydrogen-bond acceptors (Lipinski definition) is 3. The van der Waals surface area contributed by atoms with Gasteiger partial charge in [-0.15, -0.1) is 0 Å². The summed E-state index contributed by atoms with van der Waals surface area (Å²) < 4.78 is 26.9. The topological polar surface area (TPSA) is 72.2 Å². The number of nitrogens with one attached hydrogen (secondary N) is 1. The summed E-state index contributed by atoms with van der Waals surface area (Å²) in [6.07, 6.45) is 1.77. The van der Waals surface area contributed by atoms with Crippen LogP contribution in [0.4, 0.5) is 0 Å². The summed E-state index contributed by atoms with van der Waals surface area (Å²) in [4.78, 5) is 0.283. The average molecular weight is 256 g/mol. The van der Waals surface area contributed by atoms with Crippen LogP contribution < -0.4 is 10.5 Å². The number of nitrogens with two attached hydrogens (primary N) is 1. The lowest BCUT2D eigenvalue weighted by Gasteiger charge is -2.15. The van der Waals surface area contributed by atoms with E-state index in [4.69, 9.17) is 5.73 Å². The van der Waals surface area contributed by atoms with E-state index in [1.165, 1.54) is 0 Å². The molecule has 0 amide bonds. The minimum Gasteiger partial charge on any atom is -0.326 e. The lowest BCUT2D eigenvalue weighted by molar-refractivity contribution is 0.543. The first kappa shape index (κ1) is 14.2. The van der Waals surface area contributed by atoms with Crippen LogP contribution in [-0.4, -0.2) is 14.5 Å². The lowest BCUT2D eigenvalue weighted by Crippen LogP contribution is -2.33. The van der Waals surface area contributed by atoms with Gasteiger partial charge in [0.05, 0.1) is 4.90 Å². The highest BCUT2D eigenvalue weighted by Crippen LogP contribution is 2.15. The number of sulfonamides is 1. The van der Waals surface area contributed by atoms with Gasteiger partial charge in [-0.3, -0.25) is 0 Å². The molecule has 0 fully saturated rings. The molecule has 96 valence electrons. The molecule has 0 bridgehead atoms. The molecule has 0 heterocycles. The molecule has 0 aromatic heterocycles. The van der Waals surface area contributed by atoms with Crippen LogP contribution >= 0.6 is 0 Å². The van der Waals surface area contributed by atoms with Gasteiger partial charge in [-0.2, -0.15) is 0 Å². The summed E-state index contributed by atoms with van der Waals surface area (Å²) in [5.41, 5.74) is 6.19. The molecule has 5 heteroatoms. The monoisotopic (exact) mass is 256 g/mol. The van der Waals surface area contributed by atoms with Crippen molar-refractivity contribution in [1.82, 2.24) is 4.72 Å². The molecule has 1 aromatic rings. The smallest absolute Gasteiger partial charge is 0.241 e. The van der Waals surface area contributed by atoms with Gasteiger partial charge in [-0.25, -0.2) is 13.1 Å². The van der Waals surface area contributed by atoms with Gasteiger partial charge in [0.25, 0.3) is 0 Å². The second-order valence-electron chi connectivity index (χ2n) is 4.12. The molecular weight excluding hydrogens is 236 g/mol. The second kappa shape index (κ2) is 6.14. The van der Waals surface area contributed by atoms with Crippen molar-refractivity contribution in [2.75, 3.05) is 0 Å². The molecule has 0 radical (unpaired) electrons. The molecule has 0 saturated heterocycles. The van der Waals surface area contributed by atoms with E-state index in [2.05, 4.69) is 4.72 Å². The Morgan fingerprint density at radius 2 is 2.00 bits per heavy atom. The van der Waals surface area contributed by atoms with E-state index in [1.54, 1.807) is 24.3 Å². The van der Waals surface area contributed by atoms with E-state index in [-0.39, 0.29) is 17.5 Å². The maximum atomic E-state index is 12.1. The standard InChI is InChI=1S/C12H20N2O2S/c1-3-6-10(2)14-17(15,16)12-8-5-4-7-11(12)9-13/h4-5,7-8,10,14H,3,6,9,13H2,1-2H3. The van der Waals surface area contributed by atoms with Crippen molar-refractivity contribution in [2.24, 2.45) is 5.73 Å². The molecule has 0 aliphatic carbocycles. The Morgan fingerprint density at radius 3 is 2.59 bits per heavy atom. The van der Waals surface area contributed by atoms with Crippen molar-refractivity contribution in [3.63, 3.8) is 0 Å². The highest BCUT2D eigenvalue weighted by atomic mass is 32.2. The van der Waals surface area contributed by atoms with Gasteiger partial charge in [0, 0.05) is 12.6 Å². The third-order valence-corrected chi connectivity index (χ3v) is 4.25. The fourth-order valence-corrected chi connectivity index (χ4v) is 3.28. The molecule has 0 aliphatic rings. The zero-order valence-electron chi connectivity index (χ0n) is 10.3. The third-order valence-electron chi connectivity index (χ3n) is 2.56. The number of benzene rings is 1. The predicted molar refractivity (Wildman–Crippen MR) is 69.0 cm³/mol. The number of hydrogen-bond donors (Lipinski definition) is 2. The van der Waals surface area contributed by atoms with Crippen LogP contribution in [0.2, 0.25) is 0 Å². The molecule has 0 aliphatic heterocycles. The summed E-state index contributed by atoms with van der Waals surface area (Å²) >= 11 is 0. The van der Waals surface area contributed by atoms with Crippen molar-refractivity contribution >= 4 is 10.0 Å². The predicted octanol–water partition coefficient (Wildman–Crippen LogP) is 1.61. The molecule has 0 saturated carbocycles. The Kier molecular flexibility index (Phi) is 5.11. The zero-order valence-corrected chi connectivity index (χ0v) is 11.1. The van der Waals surface area contributed by atoms with Crippen LogP contribution in [0.5, 0.6) is 0 Å². The molecule has 1 atom stereocenters. The van der Waals surface area contributed by atoms with Crippen molar-refractivity contribution in [3.8, 4) is 0 Å². The zero-order chi connectivity index (χ0) is 12.9. The highest BCUT2D eigenvalue weighted by molar-refractivity contribution is 7.89. The molecule has 1 rings (SSSR count). The fourth-order valence-electron chi connectivity index (χ4n) is 1.75. The van der Waals surface area contributed by atoms with E-state index in [9.17, 15) is 8.42 Å². The molecule has 0 spiro atoms. The minimum absolute atomic E-state index is 0.0594. The highest BCUT2D eigenvalue weighted by Gasteiger charge is 2.19. The Balaban J connectivity index is 2.97. The van der Waals surface area contributed by atoms with Gasteiger partial charge in [-0.1, -0.05) is 31.5 Å². The Bertz CT molecular complexity index is 457. The fraction of sp³-hybridized carbons (Fsp3) is 0.500. The first-order valence-corrected chi connectivity index (χ1v) is 7.30. The Hall–Kier alpha value is -0.910. The summed E-state index contributed by atoms with van der Waals surface area (Å²) in [7, 11) is -3.45. The number of rotatable bonds is 6. The van der Waals surface area contributed by atoms with E-state index in [0.29, 0.717) is 5.56 Å². The summed E-state index contributed by atoms with van der Waals surface area (Å²) in [6.45, 7) is 4.12. The largest absolute Gasteiger partial charge is 0.326 e. The van der Waals surface area contributed by atoms with Gasteiger partial charge in [0.1, 0.15) is 0 Å². The maximum absolute atomic E-state index is 12.1. The van der Waals surface area contributed by atoms with Crippen molar-refractivity contribution in [2.45, 2.75) is 44.2 Å². The summed E-state index contributed by atoms with van der Waals surface area (Å²) in [5.74, 6) is 0. The lowest BCUT2D eigenvalue weighted by atomic mass is 10.2. The van der Waals surface area contributed by atoms with Crippen LogP contribution in [-0.2, 0) is 16.6 Å². The van der Waals surface area contributed by atoms with Crippen LogP contribution in [0.15, 0.2) is 29.2 Å². The van der Waals surface area contributed by atoms with E-state index in [0.717, 1.165) is 12.8 Å². The van der Waals surface area contributed by atoms with Gasteiger partial charge in [0.15, 0.2) is 0 Å². The second-order valence-corrected chi connectivity index (χ2v) is 5.81. The normalized spacial score (nSPS) is 13.6. The Labute approximate surface area is 103 Å². The molecule has 17 heavy (non-hydrogen) atoms. The van der Waals surface area contributed by atoms with E-state index in [1.807, 2.05) is 13.8 Å². The SMILES string of the molecule is CCCC(C)NS(=O)(=O)c1ccccc1CN. The van der Waals surface area contributed by atoms with Crippen molar-refractivity contribution in [1.29, 1.82) is 0 Å². The third kappa shape index (κ3) is 3.80. The van der Waals surface area contributed by atoms with Crippen molar-refractivity contribution in [3.05, 3.63) is 29.8 Å². The van der Waals surface area contributed by atoms with Crippen LogP contribution in [0.3, 0.4) is 0 Å². The van der Waals surface area contributed by atoms with Crippen LogP contribution in [0, 0.1) is 0 Å². The average Bonchev–Trinajstić information content (AvgIpc) is 2.28. The molecular formula is C12H20N2O2S. The van der Waals surface area contributed by atoms with Crippen LogP contribution in [0.1, 0.15) is 32.3 Å². The Morgan fingerprint density at radius 1 is 1.35 bits per heavy atom. The summed E-state index contributed by atoms with van der Waals surface area (Å²) in [5, 5.41) is 0. The van der Waals surface area contributed by atoms with Crippen LogP contribution in [0.25, 0.3) is 0 Å². The quantitative estimate of drug-likeness (QED) is 0.812. The molecule has 4 nitrogen and oxygen atoms in total. The van der Waals surface area contributed by atoms with Gasteiger partial charge < -0.3 is 5.73 Å².